The van der Waals surface area contributed by atoms with E-state index in [1.54, 1.807) is 49.0 Å². The van der Waals surface area contributed by atoms with E-state index >= 15 is 0 Å². The third-order valence-electron chi connectivity index (χ3n) is 3.39. The summed E-state index contributed by atoms with van der Waals surface area (Å²) >= 11 is 1.36. The maximum atomic E-state index is 12.3. The second-order valence-corrected chi connectivity index (χ2v) is 6.20. The topological polar surface area (TPSA) is 93.2 Å². The van der Waals surface area contributed by atoms with Gasteiger partial charge in [0.15, 0.2) is 0 Å². The zero-order valence-electron chi connectivity index (χ0n) is 14.1. The number of methoxy groups -OCH3 is 1. The highest BCUT2D eigenvalue weighted by molar-refractivity contribution is 7.13. The number of nitrogens with zero attached hydrogens (tertiary/aromatic N) is 2. The molecule has 0 unspecified atom stereocenters. The molecular weight excluding hydrogens is 352 g/mol. The molecule has 132 valence electrons. The summed E-state index contributed by atoms with van der Waals surface area (Å²) in [6, 6.07) is 10.4. The van der Waals surface area contributed by atoms with Gasteiger partial charge in [-0.05, 0) is 30.3 Å². The quantitative estimate of drug-likeness (QED) is 0.720. The highest BCUT2D eigenvalue weighted by Crippen LogP contribution is 2.25. The first-order chi connectivity index (χ1) is 12.5. The van der Waals surface area contributed by atoms with Crippen molar-refractivity contribution < 1.29 is 14.3 Å². The van der Waals surface area contributed by atoms with Gasteiger partial charge in [-0.15, -0.1) is 11.3 Å². The molecule has 1 aromatic carbocycles. The molecule has 0 saturated carbocycles. The van der Waals surface area contributed by atoms with Crippen molar-refractivity contribution in [1.29, 1.82) is 0 Å². The van der Waals surface area contributed by atoms with Crippen molar-refractivity contribution in [2.75, 3.05) is 17.7 Å². The number of pyridine rings is 1. The van der Waals surface area contributed by atoms with E-state index in [0.717, 1.165) is 5.56 Å². The van der Waals surface area contributed by atoms with Crippen LogP contribution < -0.4 is 15.4 Å². The third-order valence-corrected chi connectivity index (χ3v) is 4.28. The lowest BCUT2D eigenvalue weighted by Crippen LogP contribution is -2.12. The number of ether oxygens (including phenoxy) is 1. The number of carbonyl (C=O) groups is 2. The van der Waals surface area contributed by atoms with Crippen molar-refractivity contribution in [1.82, 2.24) is 9.97 Å². The van der Waals surface area contributed by atoms with Gasteiger partial charge in [0, 0.05) is 41.5 Å². The fourth-order valence-electron chi connectivity index (χ4n) is 2.17. The molecule has 3 rings (SSSR count). The largest absolute Gasteiger partial charge is 0.481 e. The minimum atomic E-state index is -0.304. The number of anilines is 2. The number of carbonyl (C=O) groups excluding carboxylic acids is 2. The zero-order valence-corrected chi connectivity index (χ0v) is 15.0. The summed E-state index contributed by atoms with van der Waals surface area (Å²) in [4.78, 5) is 31.9. The molecule has 7 nitrogen and oxygen atoms in total. The monoisotopic (exact) mass is 368 g/mol. The van der Waals surface area contributed by atoms with E-state index in [4.69, 9.17) is 4.74 Å². The molecule has 0 fully saturated rings. The lowest BCUT2D eigenvalue weighted by Gasteiger charge is -2.05. The Hall–Kier alpha value is -3.26. The molecule has 0 aliphatic rings. The minimum absolute atomic E-state index is 0.148. The summed E-state index contributed by atoms with van der Waals surface area (Å²) in [7, 11) is 1.55. The van der Waals surface area contributed by atoms with Crippen molar-refractivity contribution in [2.24, 2.45) is 0 Å². The van der Waals surface area contributed by atoms with Gasteiger partial charge in [0.05, 0.1) is 7.11 Å². The lowest BCUT2D eigenvalue weighted by molar-refractivity contribution is -0.114. The van der Waals surface area contributed by atoms with Crippen LogP contribution in [0.15, 0.2) is 48.0 Å². The van der Waals surface area contributed by atoms with Crippen LogP contribution in [0.2, 0.25) is 0 Å². The smallest absolute Gasteiger partial charge is 0.275 e. The Morgan fingerprint density at radius 2 is 1.73 bits per heavy atom. The molecule has 0 aliphatic heterocycles. The Morgan fingerprint density at radius 3 is 2.31 bits per heavy atom. The Morgan fingerprint density at radius 1 is 1.04 bits per heavy atom. The Labute approximate surface area is 154 Å². The predicted octanol–water partition coefficient (Wildman–Crippen LogP) is 3.42. The SMILES string of the molecule is COc1ccc(-c2nc(C(=O)Nc3ccc(NC(C)=O)cc3)cs2)cn1. The van der Waals surface area contributed by atoms with Gasteiger partial charge in [-0.2, -0.15) is 0 Å². The highest BCUT2D eigenvalue weighted by Gasteiger charge is 2.12. The average Bonchev–Trinajstić information content (AvgIpc) is 3.13. The van der Waals surface area contributed by atoms with Crippen LogP contribution in [0.1, 0.15) is 17.4 Å². The van der Waals surface area contributed by atoms with Crippen LogP contribution in [-0.2, 0) is 4.79 Å². The highest BCUT2D eigenvalue weighted by atomic mass is 32.1. The standard InChI is InChI=1S/C18H16N4O3S/c1-11(23)20-13-4-6-14(7-5-13)21-17(24)15-10-26-18(22-15)12-3-8-16(25-2)19-9-12/h3-10H,1-2H3,(H,20,23)(H,21,24). The number of rotatable bonds is 5. The molecule has 0 saturated heterocycles. The number of benzene rings is 1. The van der Waals surface area contributed by atoms with Crippen molar-refractivity contribution >= 4 is 34.5 Å². The number of nitrogens with one attached hydrogen (secondary N) is 2. The molecule has 0 radical (unpaired) electrons. The molecule has 0 bridgehead atoms. The van der Waals surface area contributed by atoms with Crippen LogP contribution in [0.4, 0.5) is 11.4 Å². The van der Waals surface area contributed by atoms with Crippen LogP contribution >= 0.6 is 11.3 Å². The molecule has 3 aromatic rings. The Balaban J connectivity index is 1.68. The van der Waals surface area contributed by atoms with Crippen LogP contribution in [0.3, 0.4) is 0 Å². The summed E-state index contributed by atoms with van der Waals surface area (Å²) in [6.45, 7) is 1.44. The van der Waals surface area contributed by atoms with E-state index in [-0.39, 0.29) is 11.8 Å². The van der Waals surface area contributed by atoms with Gasteiger partial charge in [0.2, 0.25) is 11.8 Å². The van der Waals surface area contributed by atoms with Gasteiger partial charge in [-0.25, -0.2) is 9.97 Å². The molecule has 26 heavy (non-hydrogen) atoms. The molecule has 2 N–H and O–H groups in total. The minimum Gasteiger partial charge on any atom is -0.481 e. The first kappa shape index (κ1) is 17.6. The first-order valence-corrected chi connectivity index (χ1v) is 8.58. The number of hydrogen-bond acceptors (Lipinski definition) is 6. The maximum absolute atomic E-state index is 12.3. The van der Waals surface area contributed by atoms with Gasteiger partial charge in [0.1, 0.15) is 10.7 Å². The normalized spacial score (nSPS) is 10.2. The molecule has 2 heterocycles. The van der Waals surface area contributed by atoms with Gasteiger partial charge >= 0.3 is 0 Å². The van der Waals surface area contributed by atoms with E-state index in [9.17, 15) is 9.59 Å². The molecule has 2 aromatic heterocycles. The lowest BCUT2D eigenvalue weighted by atomic mass is 10.2. The van der Waals surface area contributed by atoms with Crippen molar-refractivity contribution in [3.05, 3.63) is 53.7 Å². The molecular formula is C18H16N4O3S. The molecule has 0 aliphatic carbocycles. The summed E-state index contributed by atoms with van der Waals surface area (Å²) in [6.07, 6.45) is 1.65. The average molecular weight is 368 g/mol. The second kappa shape index (κ2) is 7.75. The Kier molecular flexibility index (Phi) is 5.23. The maximum Gasteiger partial charge on any atom is 0.275 e. The van der Waals surface area contributed by atoms with Crippen molar-refractivity contribution in [3.63, 3.8) is 0 Å². The zero-order chi connectivity index (χ0) is 18.5. The number of hydrogen-bond donors (Lipinski definition) is 2. The summed E-state index contributed by atoms with van der Waals surface area (Å²) < 4.78 is 5.03. The van der Waals surface area contributed by atoms with E-state index in [1.165, 1.54) is 18.3 Å². The first-order valence-electron chi connectivity index (χ1n) is 7.70. The number of aromatic nitrogens is 2. The van der Waals surface area contributed by atoms with E-state index < -0.39 is 0 Å². The number of amides is 2. The van der Waals surface area contributed by atoms with Crippen LogP contribution in [-0.4, -0.2) is 28.9 Å². The number of thiazole rings is 1. The summed E-state index contributed by atoms with van der Waals surface area (Å²) in [5.74, 6) is 0.0667. The predicted molar refractivity (Wildman–Crippen MR) is 101 cm³/mol. The van der Waals surface area contributed by atoms with Gasteiger partial charge in [0.25, 0.3) is 5.91 Å². The van der Waals surface area contributed by atoms with E-state index in [1.807, 2.05) is 6.07 Å². The van der Waals surface area contributed by atoms with Crippen LogP contribution in [0.25, 0.3) is 10.6 Å². The molecule has 0 atom stereocenters. The fourth-order valence-corrected chi connectivity index (χ4v) is 2.96. The van der Waals surface area contributed by atoms with E-state index in [0.29, 0.717) is 28.0 Å². The second-order valence-electron chi connectivity index (χ2n) is 5.34. The van der Waals surface area contributed by atoms with E-state index in [2.05, 4.69) is 20.6 Å². The van der Waals surface area contributed by atoms with Crippen LogP contribution in [0.5, 0.6) is 5.88 Å². The van der Waals surface area contributed by atoms with Crippen molar-refractivity contribution in [2.45, 2.75) is 6.92 Å². The molecule has 8 heteroatoms. The summed E-state index contributed by atoms with van der Waals surface area (Å²) in [5.41, 5.74) is 2.42. The third kappa shape index (κ3) is 4.22. The van der Waals surface area contributed by atoms with Gasteiger partial charge in [-0.3, -0.25) is 9.59 Å². The molecule has 2 amide bonds. The van der Waals surface area contributed by atoms with Gasteiger partial charge in [-0.1, -0.05) is 0 Å². The van der Waals surface area contributed by atoms with Crippen LogP contribution in [0, 0.1) is 0 Å². The van der Waals surface area contributed by atoms with Gasteiger partial charge < -0.3 is 15.4 Å². The fraction of sp³-hybridized carbons (Fsp3) is 0.111. The summed E-state index contributed by atoms with van der Waals surface area (Å²) in [5, 5.41) is 7.84. The Bertz CT molecular complexity index is 920. The van der Waals surface area contributed by atoms with Crippen molar-refractivity contribution in [3.8, 4) is 16.5 Å². The molecule has 0 spiro atoms.